The average molecular weight is 288 g/mol. The highest BCUT2D eigenvalue weighted by atomic mass is 32.1. The molecule has 0 aromatic carbocycles. The second-order valence-corrected chi connectivity index (χ2v) is 5.18. The summed E-state index contributed by atoms with van der Waals surface area (Å²) in [5, 5.41) is 10.7. The number of thiazole rings is 1. The highest BCUT2D eigenvalue weighted by molar-refractivity contribution is 7.15. The van der Waals surface area contributed by atoms with Crippen molar-refractivity contribution >= 4 is 22.3 Å². The first-order chi connectivity index (χ1) is 9.74. The zero-order valence-electron chi connectivity index (χ0n) is 10.6. The molecule has 0 atom stereocenters. The van der Waals surface area contributed by atoms with Gasteiger partial charge in [-0.05, 0) is 12.8 Å². The second kappa shape index (κ2) is 5.38. The number of imidazole rings is 1. The number of carboxylic acids is 1. The van der Waals surface area contributed by atoms with Gasteiger partial charge in [0.25, 0.3) is 0 Å². The van der Waals surface area contributed by atoms with Gasteiger partial charge in [0.15, 0.2) is 4.96 Å². The number of fused-ring (bicyclic) bond motifs is 1. The van der Waals surface area contributed by atoms with Gasteiger partial charge < -0.3 is 5.11 Å². The molecule has 0 spiro atoms. The molecule has 0 aliphatic carbocycles. The van der Waals surface area contributed by atoms with Crippen LogP contribution in [0.25, 0.3) is 16.3 Å². The van der Waals surface area contributed by atoms with Gasteiger partial charge in [0, 0.05) is 36.1 Å². The van der Waals surface area contributed by atoms with Gasteiger partial charge in [0.05, 0.1) is 6.20 Å². The van der Waals surface area contributed by atoms with Crippen LogP contribution in [0.4, 0.5) is 0 Å². The summed E-state index contributed by atoms with van der Waals surface area (Å²) in [5.41, 5.74) is 2.60. The Kier molecular flexibility index (Phi) is 3.42. The molecule has 102 valence electrons. The van der Waals surface area contributed by atoms with Crippen molar-refractivity contribution < 1.29 is 9.90 Å². The Hall–Kier alpha value is -2.28. The molecule has 0 aliphatic rings. The maximum atomic E-state index is 10.5. The third-order valence-electron chi connectivity index (χ3n) is 2.93. The van der Waals surface area contributed by atoms with E-state index < -0.39 is 5.97 Å². The molecule has 3 heterocycles. The number of aryl methyl sites for hydroxylation is 1. The maximum Gasteiger partial charge on any atom is 0.303 e. The summed E-state index contributed by atoms with van der Waals surface area (Å²) in [6.07, 6.45) is 8.39. The van der Waals surface area contributed by atoms with Crippen molar-refractivity contribution in [3.8, 4) is 11.4 Å². The predicted octanol–water partition coefficient (Wildman–Crippen LogP) is 2.26. The number of aliphatic carboxylic acids is 1. The van der Waals surface area contributed by atoms with Crippen LogP contribution in [0, 0.1) is 0 Å². The topological polar surface area (TPSA) is 80.4 Å². The van der Waals surface area contributed by atoms with Crippen LogP contribution in [0.3, 0.4) is 0 Å². The number of carbonyl (C=O) groups is 1. The van der Waals surface area contributed by atoms with E-state index in [0.29, 0.717) is 6.42 Å². The number of hydrogen-bond donors (Lipinski definition) is 1. The van der Waals surface area contributed by atoms with Crippen LogP contribution >= 0.6 is 11.3 Å². The molecule has 1 N–H and O–H groups in total. The van der Waals surface area contributed by atoms with Crippen LogP contribution in [-0.2, 0) is 11.2 Å². The van der Waals surface area contributed by atoms with Crippen LogP contribution in [-0.4, -0.2) is 30.4 Å². The monoisotopic (exact) mass is 288 g/mol. The van der Waals surface area contributed by atoms with Crippen LogP contribution in [0.1, 0.15) is 18.5 Å². The summed E-state index contributed by atoms with van der Waals surface area (Å²) in [6, 6.07) is 0. The first kappa shape index (κ1) is 12.7. The van der Waals surface area contributed by atoms with Crippen molar-refractivity contribution in [1.29, 1.82) is 0 Å². The molecule has 3 aromatic rings. The van der Waals surface area contributed by atoms with E-state index in [1.165, 1.54) is 0 Å². The first-order valence-electron chi connectivity index (χ1n) is 6.17. The molecule has 0 aliphatic heterocycles. The van der Waals surface area contributed by atoms with Crippen molar-refractivity contribution in [2.75, 3.05) is 0 Å². The largest absolute Gasteiger partial charge is 0.481 e. The first-order valence-corrected chi connectivity index (χ1v) is 7.05. The third-order valence-corrected chi connectivity index (χ3v) is 3.82. The molecule has 3 rings (SSSR count). The van der Waals surface area contributed by atoms with Crippen molar-refractivity contribution in [2.24, 2.45) is 0 Å². The van der Waals surface area contributed by atoms with Gasteiger partial charge in [-0.2, -0.15) is 0 Å². The molecule has 3 aromatic heterocycles. The van der Waals surface area contributed by atoms with E-state index in [-0.39, 0.29) is 6.42 Å². The van der Waals surface area contributed by atoms with Gasteiger partial charge in [-0.15, -0.1) is 11.3 Å². The number of hydrogen-bond acceptors (Lipinski definition) is 5. The molecule has 7 heteroatoms. The average Bonchev–Trinajstić information content (AvgIpc) is 3.01. The number of rotatable bonds is 5. The van der Waals surface area contributed by atoms with Gasteiger partial charge in [-0.1, -0.05) is 0 Å². The summed E-state index contributed by atoms with van der Waals surface area (Å²) < 4.78 is 2.00. The highest BCUT2D eigenvalue weighted by Gasteiger charge is 2.10. The Bertz CT molecular complexity index is 735. The summed E-state index contributed by atoms with van der Waals surface area (Å²) in [4.78, 5) is 24.2. The fourth-order valence-corrected chi connectivity index (χ4v) is 2.89. The Morgan fingerprint density at radius 1 is 1.35 bits per heavy atom. The minimum absolute atomic E-state index is 0.184. The van der Waals surface area contributed by atoms with E-state index in [1.807, 2.05) is 16.0 Å². The fraction of sp³-hybridized carbons (Fsp3) is 0.231. The van der Waals surface area contributed by atoms with E-state index >= 15 is 0 Å². The minimum atomic E-state index is -0.762. The van der Waals surface area contributed by atoms with E-state index in [4.69, 9.17) is 5.11 Å². The number of aromatic nitrogens is 4. The molecular weight excluding hydrogens is 276 g/mol. The van der Waals surface area contributed by atoms with Gasteiger partial charge in [0.2, 0.25) is 0 Å². The Morgan fingerprint density at radius 2 is 2.25 bits per heavy atom. The normalized spacial score (nSPS) is 11.0. The Balaban J connectivity index is 1.85. The lowest BCUT2D eigenvalue weighted by atomic mass is 10.2. The molecule has 0 saturated carbocycles. The molecule has 0 unspecified atom stereocenters. The molecule has 0 fully saturated rings. The van der Waals surface area contributed by atoms with Gasteiger partial charge in [-0.3, -0.25) is 19.2 Å². The molecule has 0 amide bonds. The summed E-state index contributed by atoms with van der Waals surface area (Å²) >= 11 is 1.54. The SMILES string of the molecule is O=C(O)CCCc1csc2nc(-c3cnccn3)cn12. The van der Waals surface area contributed by atoms with E-state index in [0.717, 1.165) is 28.5 Å². The number of nitrogens with zero attached hydrogens (tertiary/aromatic N) is 4. The molecule has 6 nitrogen and oxygen atoms in total. The van der Waals surface area contributed by atoms with Crippen LogP contribution in [0.5, 0.6) is 0 Å². The Labute approximate surface area is 118 Å². The lowest BCUT2D eigenvalue weighted by Crippen LogP contribution is -1.97. The zero-order valence-corrected chi connectivity index (χ0v) is 11.4. The predicted molar refractivity (Wildman–Crippen MR) is 74.7 cm³/mol. The van der Waals surface area contributed by atoms with E-state index in [9.17, 15) is 4.79 Å². The van der Waals surface area contributed by atoms with E-state index in [2.05, 4.69) is 15.0 Å². The summed E-state index contributed by atoms with van der Waals surface area (Å²) in [7, 11) is 0. The smallest absolute Gasteiger partial charge is 0.303 e. The minimum Gasteiger partial charge on any atom is -0.481 e. The maximum absolute atomic E-state index is 10.5. The molecular formula is C13H12N4O2S. The van der Waals surface area contributed by atoms with Gasteiger partial charge in [0.1, 0.15) is 11.4 Å². The number of carboxylic acid groups (broad SMARTS) is 1. The molecule has 0 bridgehead atoms. The van der Waals surface area contributed by atoms with Crippen LogP contribution in [0.2, 0.25) is 0 Å². The summed E-state index contributed by atoms with van der Waals surface area (Å²) in [6.45, 7) is 0. The third kappa shape index (κ3) is 2.53. The fourth-order valence-electron chi connectivity index (χ4n) is 1.98. The van der Waals surface area contributed by atoms with Gasteiger partial charge >= 0.3 is 5.97 Å². The standard InChI is InChI=1S/C13H12N4O2S/c18-12(19)3-1-2-9-8-20-13-16-11(7-17(9)13)10-6-14-4-5-15-10/h4-8H,1-3H2,(H,18,19). The lowest BCUT2D eigenvalue weighted by Gasteiger charge is -1.97. The quantitative estimate of drug-likeness (QED) is 0.779. The second-order valence-electron chi connectivity index (χ2n) is 4.34. The van der Waals surface area contributed by atoms with Crippen LogP contribution in [0.15, 0.2) is 30.2 Å². The zero-order chi connectivity index (χ0) is 13.9. The molecule has 20 heavy (non-hydrogen) atoms. The summed E-state index contributed by atoms with van der Waals surface area (Å²) in [5.74, 6) is -0.762. The van der Waals surface area contributed by atoms with Gasteiger partial charge in [-0.25, -0.2) is 4.98 Å². The van der Waals surface area contributed by atoms with E-state index in [1.54, 1.807) is 29.9 Å². The van der Waals surface area contributed by atoms with Crippen molar-refractivity contribution in [2.45, 2.75) is 19.3 Å². The van der Waals surface area contributed by atoms with Crippen molar-refractivity contribution in [3.05, 3.63) is 35.9 Å². The highest BCUT2D eigenvalue weighted by Crippen LogP contribution is 2.22. The molecule has 0 radical (unpaired) electrons. The van der Waals surface area contributed by atoms with Crippen molar-refractivity contribution in [1.82, 2.24) is 19.4 Å². The molecule has 0 saturated heterocycles. The van der Waals surface area contributed by atoms with Crippen molar-refractivity contribution in [3.63, 3.8) is 0 Å². The Morgan fingerprint density at radius 3 is 3.00 bits per heavy atom. The lowest BCUT2D eigenvalue weighted by molar-refractivity contribution is -0.137. The van der Waals surface area contributed by atoms with Crippen LogP contribution < -0.4 is 0 Å².